The smallest absolute Gasteiger partial charge is 0.141 e. The Morgan fingerprint density at radius 2 is 2.06 bits per heavy atom. The number of hydrogen-bond acceptors (Lipinski definition) is 1. The van der Waals surface area contributed by atoms with Crippen molar-refractivity contribution in [1.82, 2.24) is 0 Å². The molecule has 0 amide bonds. The molecule has 0 aliphatic heterocycles. The molecule has 1 rings (SSSR count). The van der Waals surface area contributed by atoms with Gasteiger partial charge in [-0.15, -0.1) is 11.6 Å². The van der Waals surface area contributed by atoms with Gasteiger partial charge in [-0.05, 0) is 34.3 Å². The average molecular weight is 310 g/mol. The topological polar surface area (TPSA) is 9.23 Å². The van der Waals surface area contributed by atoms with Gasteiger partial charge in [0.1, 0.15) is 11.6 Å². The Hall–Kier alpha value is -0.280. The van der Waals surface area contributed by atoms with Crippen LogP contribution >= 0.6 is 27.5 Å². The van der Waals surface area contributed by atoms with Crippen LogP contribution in [0.3, 0.4) is 0 Å². The van der Waals surface area contributed by atoms with E-state index in [4.69, 9.17) is 16.3 Å². The summed E-state index contributed by atoms with van der Waals surface area (Å²) in [5.41, 5.74) is 0.825. The summed E-state index contributed by atoms with van der Waals surface area (Å²) in [6, 6.07) is 3.04. The number of methoxy groups -OCH3 is 1. The summed E-state index contributed by atoms with van der Waals surface area (Å²) in [5, 5.41) is -0.160. The van der Waals surface area contributed by atoms with Crippen LogP contribution in [0, 0.1) is 11.7 Å². The highest BCUT2D eigenvalue weighted by atomic mass is 79.9. The number of hydrogen-bond donors (Lipinski definition) is 0. The van der Waals surface area contributed by atoms with Crippen LogP contribution in [0.15, 0.2) is 16.6 Å². The first-order valence-corrected chi connectivity index (χ1v) is 6.35. The molecular formula is C12H15BrClFO. The van der Waals surface area contributed by atoms with Crippen LogP contribution in [0.5, 0.6) is 5.75 Å². The van der Waals surface area contributed by atoms with E-state index in [2.05, 4.69) is 29.8 Å². The minimum atomic E-state index is -0.339. The number of alkyl halides is 1. The third-order valence-electron chi connectivity index (χ3n) is 2.29. The Labute approximate surface area is 109 Å². The molecule has 0 aliphatic rings. The van der Waals surface area contributed by atoms with Gasteiger partial charge < -0.3 is 4.74 Å². The number of ether oxygens (including phenoxy) is 1. The van der Waals surface area contributed by atoms with Gasteiger partial charge in [0.15, 0.2) is 0 Å². The van der Waals surface area contributed by atoms with Crippen molar-refractivity contribution in [3.63, 3.8) is 0 Å². The molecule has 0 aromatic heterocycles. The van der Waals surface area contributed by atoms with Crippen LogP contribution in [-0.4, -0.2) is 7.11 Å². The largest absolute Gasteiger partial charge is 0.496 e. The van der Waals surface area contributed by atoms with Crippen LogP contribution in [0.2, 0.25) is 0 Å². The molecule has 0 heterocycles. The Morgan fingerprint density at radius 1 is 1.44 bits per heavy atom. The molecule has 1 atom stereocenters. The van der Waals surface area contributed by atoms with Crippen molar-refractivity contribution in [1.29, 1.82) is 0 Å². The highest BCUT2D eigenvalue weighted by Gasteiger charge is 2.17. The first-order chi connectivity index (χ1) is 7.45. The second-order valence-electron chi connectivity index (χ2n) is 4.11. The van der Waals surface area contributed by atoms with E-state index in [0.29, 0.717) is 16.1 Å². The Bertz CT molecular complexity index is 368. The van der Waals surface area contributed by atoms with Gasteiger partial charge in [0.25, 0.3) is 0 Å². The lowest BCUT2D eigenvalue weighted by Gasteiger charge is -2.16. The Kier molecular flexibility index (Phi) is 5.06. The van der Waals surface area contributed by atoms with Gasteiger partial charge in [0.2, 0.25) is 0 Å². The fourth-order valence-corrected chi connectivity index (χ4v) is 2.39. The van der Waals surface area contributed by atoms with E-state index < -0.39 is 0 Å². The summed E-state index contributed by atoms with van der Waals surface area (Å²) >= 11 is 9.44. The van der Waals surface area contributed by atoms with Crippen LogP contribution in [0.4, 0.5) is 4.39 Å². The molecule has 0 fully saturated rings. The standard InChI is InChI=1S/C12H15BrClFO/c1-7(2)4-10(14)8-5-9(13)11(15)6-12(8)16-3/h5-7,10H,4H2,1-3H3. The third kappa shape index (κ3) is 3.36. The van der Waals surface area contributed by atoms with E-state index in [-0.39, 0.29) is 11.2 Å². The van der Waals surface area contributed by atoms with Crippen molar-refractivity contribution in [3.05, 3.63) is 28.0 Å². The number of halogens is 3. The summed E-state index contributed by atoms with van der Waals surface area (Å²) in [6.45, 7) is 4.20. The second-order valence-corrected chi connectivity index (χ2v) is 5.49. The Morgan fingerprint density at radius 3 is 2.56 bits per heavy atom. The van der Waals surface area contributed by atoms with Crippen molar-refractivity contribution in [2.45, 2.75) is 25.6 Å². The zero-order chi connectivity index (χ0) is 12.3. The molecule has 1 aromatic rings. The molecule has 0 bridgehead atoms. The molecule has 1 unspecified atom stereocenters. The molecule has 0 aliphatic carbocycles. The van der Waals surface area contributed by atoms with Gasteiger partial charge in [-0.1, -0.05) is 13.8 Å². The fourth-order valence-electron chi connectivity index (χ4n) is 1.51. The molecule has 16 heavy (non-hydrogen) atoms. The maximum absolute atomic E-state index is 13.3. The lowest BCUT2D eigenvalue weighted by Crippen LogP contribution is -2.00. The molecule has 0 saturated heterocycles. The minimum Gasteiger partial charge on any atom is -0.496 e. The van der Waals surface area contributed by atoms with E-state index in [9.17, 15) is 4.39 Å². The molecule has 0 N–H and O–H groups in total. The lowest BCUT2D eigenvalue weighted by molar-refractivity contribution is 0.402. The summed E-state index contributed by atoms with van der Waals surface area (Å²) in [4.78, 5) is 0. The molecule has 1 nitrogen and oxygen atoms in total. The van der Waals surface area contributed by atoms with E-state index in [1.54, 1.807) is 6.07 Å². The zero-order valence-corrected chi connectivity index (χ0v) is 11.9. The molecule has 0 radical (unpaired) electrons. The van der Waals surface area contributed by atoms with Gasteiger partial charge in [0.05, 0.1) is 17.0 Å². The minimum absolute atomic E-state index is 0.160. The van der Waals surface area contributed by atoms with Crippen LogP contribution < -0.4 is 4.74 Å². The van der Waals surface area contributed by atoms with E-state index in [1.807, 2.05) is 0 Å². The SMILES string of the molecule is COc1cc(F)c(Br)cc1C(Cl)CC(C)C. The monoisotopic (exact) mass is 308 g/mol. The van der Waals surface area contributed by atoms with Gasteiger partial charge in [-0.2, -0.15) is 0 Å². The predicted octanol–water partition coefficient (Wildman–Crippen LogP) is 4.92. The third-order valence-corrected chi connectivity index (χ3v) is 3.31. The second kappa shape index (κ2) is 5.87. The number of rotatable bonds is 4. The van der Waals surface area contributed by atoms with Gasteiger partial charge in [-0.25, -0.2) is 4.39 Å². The van der Waals surface area contributed by atoms with Crippen molar-refractivity contribution < 1.29 is 9.13 Å². The first kappa shape index (κ1) is 13.8. The summed E-state index contributed by atoms with van der Waals surface area (Å²) < 4.78 is 18.9. The Balaban J connectivity index is 3.06. The van der Waals surface area contributed by atoms with Crippen LogP contribution in [-0.2, 0) is 0 Å². The molecular weight excluding hydrogens is 294 g/mol. The van der Waals surface area contributed by atoms with Gasteiger partial charge in [0, 0.05) is 11.6 Å². The van der Waals surface area contributed by atoms with E-state index in [1.165, 1.54) is 13.2 Å². The maximum Gasteiger partial charge on any atom is 0.141 e. The maximum atomic E-state index is 13.3. The average Bonchev–Trinajstić information content (AvgIpc) is 2.20. The summed E-state index contributed by atoms with van der Waals surface area (Å²) in [6.07, 6.45) is 0.829. The molecule has 0 spiro atoms. The first-order valence-electron chi connectivity index (χ1n) is 5.12. The zero-order valence-electron chi connectivity index (χ0n) is 9.56. The van der Waals surface area contributed by atoms with Crippen LogP contribution in [0.25, 0.3) is 0 Å². The van der Waals surface area contributed by atoms with Crippen LogP contribution in [0.1, 0.15) is 31.2 Å². The van der Waals surface area contributed by atoms with Crippen molar-refractivity contribution >= 4 is 27.5 Å². The predicted molar refractivity (Wildman–Crippen MR) is 68.7 cm³/mol. The highest BCUT2D eigenvalue weighted by molar-refractivity contribution is 9.10. The molecule has 0 saturated carbocycles. The van der Waals surface area contributed by atoms with E-state index in [0.717, 1.165) is 12.0 Å². The normalized spacial score (nSPS) is 12.9. The lowest BCUT2D eigenvalue weighted by atomic mass is 10.0. The quantitative estimate of drug-likeness (QED) is 0.717. The van der Waals surface area contributed by atoms with Gasteiger partial charge >= 0.3 is 0 Å². The fraction of sp³-hybridized carbons (Fsp3) is 0.500. The summed E-state index contributed by atoms with van der Waals surface area (Å²) in [5.74, 6) is 0.645. The highest BCUT2D eigenvalue weighted by Crippen LogP contribution is 2.37. The van der Waals surface area contributed by atoms with Crippen molar-refractivity contribution in [2.24, 2.45) is 5.92 Å². The number of benzene rings is 1. The van der Waals surface area contributed by atoms with Gasteiger partial charge in [-0.3, -0.25) is 0 Å². The van der Waals surface area contributed by atoms with Crippen molar-refractivity contribution in [2.75, 3.05) is 7.11 Å². The molecule has 4 heteroatoms. The molecule has 1 aromatic carbocycles. The summed E-state index contributed by atoms with van der Waals surface area (Å²) in [7, 11) is 1.52. The van der Waals surface area contributed by atoms with Crippen molar-refractivity contribution in [3.8, 4) is 5.75 Å². The molecule has 90 valence electrons. The van der Waals surface area contributed by atoms with E-state index >= 15 is 0 Å².